The van der Waals surface area contributed by atoms with Crippen molar-refractivity contribution in [3.8, 4) is 32.6 Å². The summed E-state index contributed by atoms with van der Waals surface area (Å²) in [6.07, 6.45) is 0. The van der Waals surface area contributed by atoms with Gasteiger partial charge in [-0.3, -0.25) is 0 Å². The van der Waals surface area contributed by atoms with Crippen molar-refractivity contribution in [2.75, 3.05) is 12.4 Å². The van der Waals surface area contributed by atoms with Crippen molar-refractivity contribution in [2.45, 2.75) is 0 Å². The number of aromatic amines is 1. The van der Waals surface area contributed by atoms with Crippen LogP contribution in [-0.4, -0.2) is 22.2 Å². The lowest BCUT2D eigenvalue weighted by molar-refractivity contribution is 0.410. The van der Waals surface area contributed by atoms with E-state index in [9.17, 15) is 10.2 Å². The lowest BCUT2D eigenvalue weighted by atomic mass is 10.3. The third-order valence-corrected chi connectivity index (χ3v) is 5.73. The fourth-order valence-corrected chi connectivity index (χ4v) is 4.18. The molecule has 0 amide bonds. The Morgan fingerprint density at radius 2 is 1.80 bits per heavy atom. The predicted molar refractivity (Wildman–Crippen MR) is 88.0 cm³/mol. The number of rotatable bonds is 3. The molecule has 3 rings (SSSR count). The lowest BCUT2D eigenvalue weighted by Gasteiger charge is -1.95. The molecule has 0 saturated heterocycles. The minimum Gasteiger partial charge on any atom is -0.503 e. The Kier molecular flexibility index (Phi) is 3.49. The monoisotopic (exact) mass is 370 g/mol. The number of aromatic nitrogens is 1. The Morgan fingerprint density at radius 1 is 1.05 bits per heavy atom. The van der Waals surface area contributed by atoms with Gasteiger partial charge in [-0.1, -0.05) is 0 Å². The van der Waals surface area contributed by atoms with Crippen molar-refractivity contribution >= 4 is 43.6 Å². The SMILES string of the molecule is CNc1sc(-c2ccc(-c3ccc(Br)s3)[nH]2)c(O)c1O. The minimum atomic E-state index is -0.109. The normalized spacial score (nSPS) is 10.9. The zero-order chi connectivity index (χ0) is 14.3. The van der Waals surface area contributed by atoms with Gasteiger partial charge >= 0.3 is 0 Å². The van der Waals surface area contributed by atoms with E-state index >= 15 is 0 Å². The molecule has 0 radical (unpaired) electrons. The first kappa shape index (κ1) is 13.5. The van der Waals surface area contributed by atoms with Crippen molar-refractivity contribution in [3.63, 3.8) is 0 Å². The first-order valence-corrected chi connectivity index (χ1v) is 8.20. The number of anilines is 1. The van der Waals surface area contributed by atoms with Gasteiger partial charge in [-0.2, -0.15) is 0 Å². The van der Waals surface area contributed by atoms with Crippen LogP contribution in [0.1, 0.15) is 0 Å². The van der Waals surface area contributed by atoms with E-state index in [1.807, 2.05) is 24.3 Å². The number of nitrogens with one attached hydrogen (secondary N) is 2. The number of hydrogen-bond donors (Lipinski definition) is 4. The first-order chi connectivity index (χ1) is 9.60. The summed E-state index contributed by atoms with van der Waals surface area (Å²) in [5.74, 6) is -0.206. The van der Waals surface area contributed by atoms with Gasteiger partial charge in [0.1, 0.15) is 5.00 Å². The molecule has 4 nitrogen and oxygen atoms in total. The summed E-state index contributed by atoms with van der Waals surface area (Å²) in [5.41, 5.74) is 1.76. The fourth-order valence-electron chi connectivity index (χ4n) is 1.90. The van der Waals surface area contributed by atoms with E-state index in [0.29, 0.717) is 9.88 Å². The predicted octanol–water partition coefficient (Wildman–Crippen LogP) is 4.69. The third-order valence-electron chi connectivity index (χ3n) is 2.85. The van der Waals surface area contributed by atoms with Gasteiger partial charge in [0.25, 0.3) is 0 Å². The Hall–Kier alpha value is -1.44. The molecular weight excluding hydrogens is 360 g/mol. The van der Waals surface area contributed by atoms with Gasteiger partial charge in [0, 0.05) is 7.05 Å². The highest BCUT2D eigenvalue weighted by molar-refractivity contribution is 9.11. The molecule has 0 bridgehead atoms. The standard InChI is InChI=1S/C13H11BrN2O2S2/c1-15-13-11(18)10(17)12(20-13)7-3-2-6(16-7)8-4-5-9(14)19-8/h2-5,15-18H,1H3. The van der Waals surface area contributed by atoms with E-state index in [0.717, 1.165) is 20.1 Å². The molecule has 0 aliphatic heterocycles. The number of thiophene rings is 2. The molecule has 20 heavy (non-hydrogen) atoms. The van der Waals surface area contributed by atoms with Gasteiger partial charge < -0.3 is 20.5 Å². The Morgan fingerprint density at radius 3 is 2.40 bits per heavy atom. The molecule has 0 aliphatic rings. The van der Waals surface area contributed by atoms with Crippen LogP contribution >= 0.6 is 38.6 Å². The van der Waals surface area contributed by atoms with Crippen molar-refractivity contribution < 1.29 is 10.2 Å². The molecule has 0 unspecified atom stereocenters. The average molecular weight is 371 g/mol. The highest BCUT2D eigenvalue weighted by Crippen LogP contribution is 2.49. The zero-order valence-electron chi connectivity index (χ0n) is 10.4. The summed E-state index contributed by atoms with van der Waals surface area (Å²) in [7, 11) is 1.71. The highest BCUT2D eigenvalue weighted by Gasteiger charge is 2.19. The van der Waals surface area contributed by atoms with Crippen LogP contribution in [0.4, 0.5) is 5.00 Å². The van der Waals surface area contributed by atoms with Crippen LogP contribution in [0.3, 0.4) is 0 Å². The van der Waals surface area contributed by atoms with Gasteiger partial charge in [-0.05, 0) is 40.2 Å². The van der Waals surface area contributed by atoms with Crippen LogP contribution in [-0.2, 0) is 0 Å². The molecule has 0 fully saturated rings. The number of aromatic hydroxyl groups is 2. The van der Waals surface area contributed by atoms with Crippen molar-refractivity contribution in [1.29, 1.82) is 0 Å². The van der Waals surface area contributed by atoms with Crippen LogP contribution in [0.25, 0.3) is 21.1 Å². The van der Waals surface area contributed by atoms with Crippen molar-refractivity contribution in [2.24, 2.45) is 0 Å². The van der Waals surface area contributed by atoms with Crippen LogP contribution in [0.5, 0.6) is 11.5 Å². The van der Waals surface area contributed by atoms with Gasteiger partial charge in [0.2, 0.25) is 0 Å². The number of hydrogen-bond acceptors (Lipinski definition) is 5. The number of halogens is 1. The third kappa shape index (κ3) is 2.21. The van der Waals surface area contributed by atoms with Crippen LogP contribution in [0, 0.1) is 0 Å². The number of H-pyrrole nitrogens is 1. The fraction of sp³-hybridized carbons (Fsp3) is 0.0769. The molecule has 0 spiro atoms. The Bertz CT molecular complexity index is 760. The lowest BCUT2D eigenvalue weighted by Crippen LogP contribution is -1.81. The van der Waals surface area contributed by atoms with Gasteiger partial charge in [0.05, 0.1) is 24.9 Å². The molecular formula is C13H11BrN2O2S2. The average Bonchev–Trinajstić information content (AvgIpc) is 3.12. The summed E-state index contributed by atoms with van der Waals surface area (Å²) < 4.78 is 1.07. The molecule has 3 heterocycles. The molecule has 0 aromatic carbocycles. The van der Waals surface area contributed by atoms with Gasteiger partial charge in [0.15, 0.2) is 11.5 Å². The smallest absolute Gasteiger partial charge is 0.193 e. The molecule has 4 N–H and O–H groups in total. The topological polar surface area (TPSA) is 68.3 Å². The molecule has 3 aromatic heterocycles. The van der Waals surface area contributed by atoms with Crippen LogP contribution in [0.2, 0.25) is 0 Å². The second kappa shape index (κ2) is 5.16. The van der Waals surface area contributed by atoms with E-state index in [4.69, 9.17) is 0 Å². The summed E-state index contributed by atoms with van der Waals surface area (Å²) in [4.78, 5) is 4.99. The van der Waals surface area contributed by atoms with E-state index in [-0.39, 0.29) is 11.5 Å². The maximum Gasteiger partial charge on any atom is 0.193 e. The van der Waals surface area contributed by atoms with Crippen LogP contribution < -0.4 is 5.32 Å². The van der Waals surface area contributed by atoms with Gasteiger partial charge in [-0.25, -0.2) is 0 Å². The summed E-state index contributed by atoms with van der Waals surface area (Å²) in [5, 5.41) is 23.2. The van der Waals surface area contributed by atoms with Crippen LogP contribution in [0.15, 0.2) is 28.1 Å². The second-order valence-corrected chi connectivity index (χ2v) is 7.58. The molecule has 0 aliphatic carbocycles. The summed E-state index contributed by atoms with van der Waals surface area (Å²) >= 11 is 6.38. The maximum absolute atomic E-state index is 9.98. The van der Waals surface area contributed by atoms with E-state index < -0.39 is 0 Å². The van der Waals surface area contributed by atoms with E-state index in [1.54, 1.807) is 18.4 Å². The van der Waals surface area contributed by atoms with Crippen molar-refractivity contribution in [1.82, 2.24) is 4.98 Å². The van der Waals surface area contributed by atoms with E-state index in [1.165, 1.54) is 11.3 Å². The maximum atomic E-state index is 9.98. The largest absolute Gasteiger partial charge is 0.503 e. The summed E-state index contributed by atoms with van der Waals surface area (Å²) in [6, 6.07) is 7.87. The minimum absolute atomic E-state index is 0.0971. The Balaban J connectivity index is 2.02. The quantitative estimate of drug-likeness (QED) is 0.540. The zero-order valence-corrected chi connectivity index (χ0v) is 13.6. The summed E-state index contributed by atoms with van der Waals surface area (Å²) in [6.45, 7) is 0. The molecule has 104 valence electrons. The van der Waals surface area contributed by atoms with Crippen molar-refractivity contribution in [3.05, 3.63) is 28.1 Å². The Labute approximate surface area is 131 Å². The highest BCUT2D eigenvalue weighted by atomic mass is 79.9. The van der Waals surface area contributed by atoms with E-state index in [2.05, 4.69) is 26.2 Å². The molecule has 3 aromatic rings. The van der Waals surface area contributed by atoms with Gasteiger partial charge in [-0.15, -0.1) is 22.7 Å². The molecule has 7 heteroatoms. The molecule has 0 saturated carbocycles. The second-order valence-electron chi connectivity index (χ2n) is 4.10. The molecule has 0 atom stereocenters. The first-order valence-electron chi connectivity index (χ1n) is 5.77.